The molecule has 1 aromatic carbocycles. The molecule has 0 unspecified atom stereocenters. The van der Waals surface area contributed by atoms with Crippen LogP contribution in [0.15, 0.2) is 35.3 Å². The van der Waals surface area contributed by atoms with E-state index in [1.807, 2.05) is 0 Å². The maximum absolute atomic E-state index is 14.1. The quantitative estimate of drug-likeness (QED) is 0.411. The Morgan fingerprint density at radius 3 is 2.74 bits per heavy atom. The molecule has 1 amide bonds. The van der Waals surface area contributed by atoms with Gasteiger partial charge in [0.15, 0.2) is 12.4 Å². The first-order chi connectivity index (χ1) is 16.8. The molecular formula is C26H30FN3O5. The Kier molecular flexibility index (Phi) is 9.15. The zero-order valence-electron chi connectivity index (χ0n) is 20.0. The number of nitrogens with zero attached hydrogens (tertiary/aromatic N) is 2. The molecule has 0 saturated heterocycles. The van der Waals surface area contributed by atoms with Crippen LogP contribution in [0.3, 0.4) is 0 Å². The molecule has 9 heteroatoms. The van der Waals surface area contributed by atoms with Crippen LogP contribution >= 0.6 is 0 Å². The molecule has 186 valence electrons. The van der Waals surface area contributed by atoms with E-state index in [9.17, 15) is 24.0 Å². The molecule has 1 saturated carbocycles. The first-order valence-electron chi connectivity index (χ1n) is 11.7. The molecule has 1 fully saturated rings. The van der Waals surface area contributed by atoms with Crippen molar-refractivity contribution in [3.05, 3.63) is 63.3 Å². The highest BCUT2D eigenvalue weighted by Crippen LogP contribution is 2.25. The number of benzene rings is 1. The van der Waals surface area contributed by atoms with Gasteiger partial charge in [-0.2, -0.15) is 5.26 Å². The maximum atomic E-state index is 14.1. The zero-order valence-corrected chi connectivity index (χ0v) is 20.0. The lowest BCUT2D eigenvalue weighted by Gasteiger charge is -2.29. The Bertz CT molecular complexity index is 1170. The fourth-order valence-electron chi connectivity index (χ4n) is 4.27. The summed E-state index contributed by atoms with van der Waals surface area (Å²) in [7, 11) is 1.53. The Balaban J connectivity index is 1.81. The van der Waals surface area contributed by atoms with E-state index in [4.69, 9.17) is 9.47 Å². The lowest BCUT2D eigenvalue weighted by atomic mass is 9.86. The van der Waals surface area contributed by atoms with Gasteiger partial charge in [-0.05, 0) is 49.4 Å². The SMILES string of the molecule is COCCCn1cc(C(=O)c2cc(F)ccc2OCC(=O)N[C@@H]2CCCC[C@H]2C)cc(C#N)c1=O. The summed E-state index contributed by atoms with van der Waals surface area (Å²) in [4.78, 5) is 38.2. The summed E-state index contributed by atoms with van der Waals surface area (Å²) < 4.78 is 25.9. The highest BCUT2D eigenvalue weighted by Gasteiger charge is 2.24. The van der Waals surface area contributed by atoms with Crippen molar-refractivity contribution < 1.29 is 23.5 Å². The van der Waals surface area contributed by atoms with Gasteiger partial charge in [-0.3, -0.25) is 14.4 Å². The number of halogens is 1. The monoisotopic (exact) mass is 483 g/mol. The van der Waals surface area contributed by atoms with Gasteiger partial charge in [-0.15, -0.1) is 0 Å². The average Bonchev–Trinajstić information content (AvgIpc) is 2.85. The van der Waals surface area contributed by atoms with Gasteiger partial charge in [-0.25, -0.2) is 4.39 Å². The van der Waals surface area contributed by atoms with Crippen molar-refractivity contribution in [2.45, 2.75) is 51.6 Å². The molecule has 0 radical (unpaired) electrons. The minimum absolute atomic E-state index is 0.0366. The molecule has 2 atom stereocenters. The second-order valence-corrected chi connectivity index (χ2v) is 8.79. The van der Waals surface area contributed by atoms with Crippen LogP contribution in [-0.2, 0) is 16.1 Å². The number of rotatable bonds is 10. The van der Waals surface area contributed by atoms with Crippen LogP contribution < -0.4 is 15.6 Å². The lowest BCUT2D eigenvalue weighted by Crippen LogP contribution is -2.43. The van der Waals surface area contributed by atoms with Gasteiger partial charge in [0.25, 0.3) is 11.5 Å². The lowest BCUT2D eigenvalue weighted by molar-refractivity contribution is -0.124. The summed E-state index contributed by atoms with van der Waals surface area (Å²) in [5, 5.41) is 12.3. The van der Waals surface area contributed by atoms with Crippen LogP contribution in [0.5, 0.6) is 5.75 Å². The van der Waals surface area contributed by atoms with Crippen molar-refractivity contribution in [2.75, 3.05) is 20.3 Å². The van der Waals surface area contributed by atoms with E-state index < -0.39 is 17.2 Å². The van der Waals surface area contributed by atoms with Gasteiger partial charge < -0.3 is 19.4 Å². The Labute approximate surface area is 203 Å². The average molecular weight is 484 g/mol. The van der Waals surface area contributed by atoms with E-state index in [1.165, 1.54) is 30.0 Å². The normalized spacial score (nSPS) is 17.4. The third kappa shape index (κ3) is 6.76. The number of ether oxygens (including phenoxy) is 2. The number of carbonyl (C=O) groups excluding carboxylic acids is 2. The third-order valence-electron chi connectivity index (χ3n) is 6.22. The van der Waals surface area contributed by atoms with E-state index in [2.05, 4.69) is 12.2 Å². The fourth-order valence-corrected chi connectivity index (χ4v) is 4.27. The third-order valence-corrected chi connectivity index (χ3v) is 6.22. The first-order valence-corrected chi connectivity index (χ1v) is 11.7. The summed E-state index contributed by atoms with van der Waals surface area (Å²) in [5.74, 6) is -1.18. The maximum Gasteiger partial charge on any atom is 0.268 e. The van der Waals surface area contributed by atoms with E-state index in [0.717, 1.165) is 37.8 Å². The van der Waals surface area contributed by atoms with Gasteiger partial charge >= 0.3 is 0 Å². The minimum Gasteiger partial charge on any atom is -0.483 e. The Morgan fingerprint density at radius 1 is 1.26 bits per heavy atom. The first kappa shape index (κ1) is 26.1. The number of aromatic nitrogens is 1. The number of ketones is 1. The van der Waals surface area contributed by atoms with E-state index in [-0.39, 0.29) is 47.5 Å². The molecule has 1 heterocycles. The van der Waals surface area contributed by atoms with Crippen molar-refractivity contribution in [3.63, 3.8) is 0 Å². The number of hydrogen-bond donors (Lipinski definition) is 1. The van der Waals surface area contributed by atoms with E-state index >= 15 is 0 Å². The van der Waals surface area contributed by atoms with E-state index in [0.29, 0.717) is 18.9 Å². The second-order valence-electron chi connectivity index (χ2n) is 8.79. The smallest absolute Gasteiger partial charge is 0.268 e. The van der Waals surface area contributed by atoms with Crippen LogP contribution in [0.25, 0.3) is 0 Å². The predicted octanol–water partition coefficient (Wildman–Crippen LogP) is 3.20. The van der Waals surface area contributed by atoms with Crippen LogP contribution in [0.4, 0.5) is 4.39 Å². The van der Waals surface area contributed by atoms with Crippen molar-refractivity contribution in [1.29, 1.82) is 5.26 Å². The van der Waals surface area contributed by atoms with Crippen molar-refractivity contribution in [2.24, 2.45) is 5.92 Å². The van der Waals surface area contributed by atoms with Crippen molar-refractivity contribution in [1.82, 2.24) is 9.88 Å². The Morgan fingerprint density at radius 2 is 2.03 bits per heavy atom. The van der Waals surface area contributed by atoms with Crippen molar-refractivity contribution in [3.8, 4) is 11.8 Å². The molecule has 1 aliphatic carbocycles. The molecule has 0 spiro atoms. The number of nitrogens with one attached hydrogen (secondary N) is 1. The van der Waals surface area contributed by atoms with Crippen LogP contribution in [0.2, 0.25) is 0 Å². The molecule has 3 rings (SSSR count). The number of pyridine rings is 1. The summed E-state index contributed by atoms with van der Waals surface area (Å²) in [6.07, 6.45) is 6.02. The fraction of sp³-hybridized carbons (Fsp3) is 0.462. The molecule has 2 aromatic rings. The molecule has 35 heavy (non-hydrogen) atoms. The molecule has 1 aliphatic rings. The van der Waals surface area contributed by atoms with E-state index in [1.54, 1.807) is 6.07 Å². The van der Waals surface area contributed by atoms with Crippen LogP contribution in [0.1, 0.15) is 60.5 Å². The van der Waals surface area contributed by atoms with Crippen LogP contribution in [-0.4, -0.2) is 42.6 Å². The number of amides is 1. The molecule has 0 aliphatic heterocycles. The minimum atomic E-state index is -0.657. The summed E-state index contributed by atoms with van der Waals surface area (Å²) in [6, 6.07) is 6.52. The summed E-state index contributed by atoms with van der Waals surface area (Å²) in [5.41, 5.74) is -0.790. The Hall–Kier alpha value is -3.51. The number of carbonyl (C=O) groups is 2. The molecule has 1 N–H and O–H groups in total. The predicted molar refractivity (Wildman–Crippen MR) is 127 cm³/mol. The van der Waals surface area contributed by atoms with Gasteiger partial charge in [0.2, 0.25) is 0 Å². The topological polar surface area (TPSA) is 110 Å². The van der Waals surface area contributed by atoms with Crippen LogP contribution in [0, 0.1) is 23.1 Å². The number of methoxy groups -OCH3 is 1. The summed E-state index contributed by atoms with van der Waals surface area (Å²) in [6.45, 7) is 2.42. The molecule has 1 aromatic heterocycles. The molecule has 8 nitrogen and oxygen atoms in total. The van der Waals surface area contributed by atoms with Crippen molar-refractivity contribution >= 4 is 11.7 Å². The molecule has 0 bridgehead atoms. The van der Waals surface area contributed by atoms with Gasteiger partial charge in [0, 0.05) is 38.1 Å². The summed E-state index contributed by atoms with van der Waals surface area (Å²) >= 11 is 0. The highest BCUT2D eigenvalue weighted by molar-refractivity contribution is 6.10. The molecular weight excluding hydrogens is 453 g/mol. The standard InChI is InChI=1S/C26H30FN3O5/c1-17-6-3-4-7-22(17)29-24(31)16-35-23-9-8-20(27)13-21(23)25(32)19-12-18(14-28)26(33)30(15-19)10-5-11-34-2/h8-9,12-13,15,17,22H,3-7,10-11,16H2,1-2H3,(H,29,31)/t17-,22-/m1/s1. The number of aryl methyl sites for hydroxylation is 1. The van der Waals surface area contributed by atoms with Gasteiger partial charge in [0.1, 0.15) is 23.2 Å². The number of nitriles is 1. The van der Waals surface area contributed by atoms with Gasteiger partial charge in [-0.1, -0.05) is 19.8 Å². The van der Waals surface area contributed by atoms with Gasteiger partial charge in [0.05, 0.1) is 5.56 Å². The second kappa shape index (κ2) is 12.3. The highest BCUT2D eigenvalue weighted by atomic mass is 19.1. The zero-order chi connectivity index (χ0) is 25.4. The number of hydrogen-bond acceptors (Lipinski definition) is 6. The largest absolute Gasteiger partial charge is 0.483 e.